The topological polar surface area (TPSA) is 64.7 Å². The van der Waals surface area contributed by atoms with Gasteiger partial charge < -0.3 is 5.32 Å². The highest BCUT2D eigenvalue weighted by atomic mass is 35.5. The number of nitrogens with one attached hydrogen (secondary N) is 1. The Morgan fingerprint density at radius 2 is 2.00 bits per heavy atom. The predicted molar refractivity (Wildman–Crippen MR) is 81.5 cm³/mol. The van der Waals surface area contributed by atoms with E-state index >= 15 is 0 Å². The molecule has 24 heavy (non-hydrogen) atoms. The first kappa shape index (κ1) is 18.3. The number of hydrogen-bond acceptors (Lipinski definition) is 3. The molecule has 0 aliphatic rings. The molecule has 2 heterocycles. The molecule has 2 aromatic heterocycles. The number of carbonyl (C=O) groups excluding carboxylic acids is 1. The van der Waals surface area contributed by atoms with E-state index in [1.807, 2.05) is 20.0 Å². The van der Waals surface area contributed by atoms with Gasteiger partial charge in [0.15, 0.2) is 5.69 Å². The van der Waals surface area contributed by atoms with Crippen LogP contribution >= 0.6 is 11.6 Å². The van der Waals surface area contributed by atoms with Crippen LogP contribution in [0.4, 0.5) is 13.2 Å². The molecule has 2 rings (SSSR count). The third-order valence-electron chi connectivity index (χ3n) is 3.54. The number of amides is 1. The molecule has 0 aromatic carbocycles. The minimum atomic E-state index is -4.66. The lowest BCUT2D eigenvalue weighted by molar-refractivity contribution is -0.141. The molecular formula is C14H17ClF3N5O. The summed E-state index contributed by atoms with van der Waals surface area (Å²) in [5.74, 6) is -0.463. The van der Waals surface area contributed by atoms with Gasteiger partial charge in [0.05, 0.1) is 16.4 Å². The van der Waals surface area contributed by atoms with E-state index in [4.69, 9.17) is 11.6 Å². The summed E-state index contributed by atoms with van der Waals surface area (Å²) in [5.41, 5.74) is 0.537. The van der Waals surface area contributed by atoms with E-state index in [2.05, 4.69) is 15.5 Å². The van der Waals surface area contributed by atoms with Crippen LogP contribution in [0, 0.1) is 13.8 Å². The molecule has 0 atom stereocenters. The van der Waals surface area contributed by atoms with Crippen LogP contribution in [-0.2, 0) is 30.6 Å². The predicted octanol–water partition coefficient (Wildman–Crippen LogP) is 2.70. The van der Waals surface area contributed by atoms with Crippen LogP contribution in [0.3, 0.4) is 0 Å². The van der Waals surface area contributed by atoms with Gasteiger partial charge in [-0.3, -0.25) is 14.2 Å². The van der Waals surface area contributed by atoms with Crippen LogP contribution in [0.2, 0.25) is 5.02 Å². The second kappa shape index (κ2) is 6.84. The Kier molecular flexibility index (Phi) is 5.22. The van der Waals surface area contributed by atoms with Crippen molar-refractivity contribution in [1.82, 2.24) is 24.9 Å². The maximum atomic E-state index is 12.8. The largest absolute Gasteiger partial charge is 0.436 e. The summed E-state index contributed by atoms with van der Waals surface area (Å²) in [4.78, 5) is 12.0. The van der Waals surface area contributed by atoms with Gasteiger partial charge in [-0.1, -0.05) is 11.6 Å². The second-order valence-electron chi connectivity index (χ2n) is 5.28. The summed E-state index contributed by atoms with van der Waals surface area (Å²) in [5, 5.41) is 9.80. The maximum Gasteiger partial charge on any atom is 0.436 e. The lowest BCUT2D eigenvalue weighted by Gasteiger charge is -2.06. The Balaban J connectivity index is 2.04. The van der Waals surface area contributed by atoms with Crippen molar-refractivity contribution in [1.29, 1.82) is 0 Å². The normalized spacial score (nSPS) is 11.8. The summed E-state index contributed by atoms with van der Waals surface area (Å²) < 4.78 is 41.0. The molecule has 0 fully saturated rings. The van der Waals surface area contributed by atoms with E-state index < -0.39 is 22.8 Å². The molecule has 1 amide bonds. The zero-order chi connectivity index (χ0) is 18.1. The van der Waals surface area contributed by atoms with E-state index in [9.17, 15) is 18.0 Å². The van der Waals surface area contributed by atoms with Gasteiger partial charge in [-0.2, -0.15) is 23.4 Å². The molecule has 2 aromatic rings. The third kappa shape index (κ3) is 3.89. The maximum absolute atomic E-state index is 12.8. The fraction of sp³-hybridized carbons (Fsp3) is 0.500. The Morgan fingerprint density at radius 1 is 1.33 bits per heavy atom. The number of carbonyl (C=O) groups is 1. The molecule has 0 radical (unpaired) electrons. The molecule has 10 heteroatoms. The van der Waals surface area contributed by atoms with Crippen molar-refractivity contribution in [2.75, 3.05) is 0 Å². The molecule has 1 N–H and O–H groups in total. The summed E-state index contributed by atoms with van der Waals surface area (Å²) in [6, 6.07) is 0. The standard InChI is InChI=1S/C14H17ClF3N5O/c1-4-22-6-10(8(2)20-22)5-19-11(24)7-23-9(3)12(15)13(21-23)14(16,17)18/h6H,4-5,7H2,1-3H3,(H,19,24). The van der Waals surface area contributed by atoms with Crippen LogP contribution in [0.25, 0.3) is 0 Å². The van der Waals surface area contributed by atoms with Gasteiger partial charge in [0.2, 0.25) is 5.91 Å². The van der Waals surface area contributed by atoms with E-state index in [0.29, 0.717) is 6.54 Å². The average molecular weight is 364 g/mol. The number of aryl methyl sites for hydroxylation is 2. The third-order valence-corrected chi connectivity index (χ3v) is 4.00. The Hall–Kier alpha value is -2.03. The SMILES string of the molecule is CCn1cc(CNC(=O)Cn2nc(C(F)(F)F)c(Cl)c2C)c(C)n1. The summed E-state index contributed by atoms with van der Waals surface area (Å²) in [7, 11) is 0. The Bertz CT molecular complexity index is 750. The summed E-state index contributed by atoms with van der Waals surface area (Å²) in [6.45, 7) is 5.75. The summed E-state index contributed by atoms with van der Waals surface area (Å²) in [6.07, 6.45) is -2.84. The fourth-order valence-electron chi connectivity index (χ4n) is 2.14. The number of aromatic nitrogens is 4. The van der Waals surface area contributed by atoms with Crippen molar-refractivity contribution < 1.29 is 18.0 Å². The van der Waals surface area contributed by atoms with Crippen LogP contribution in [0.15, 0.2) is 6.20 Å². The number of hydrogen-bond donors (Lipinski definition) is 1. The van der Waals surface area contributed by atoms with Gasteiger partial charge in [-0.05, 0) is 20.8 Å². The molecular weight excluding hydrogens is 347 g/mol. The fourth-order valence-corrected chi connectivity index (χ4v) is 2.38. The molecule has 0 bridgehead atoms. The molecule has 0 aliphatic carbocycles. The average Bonchev–Trinajstić information content (AvgIpc) is 2.99. The molecule has 6 nitrogen and oxygen atoms in total. The molecule has 132 valence electrons. The Morgan fingerprint density at radius 3 is 2.50 bits per heavy atom. The lowest BCUT2D eigenvalue weighted by atomic mass is 10.2. The zero-order valence-electron chi connectivity index (χ0n) is 13.4. The number of nitrogens with zero attached hydrogens (tertiary/aromatic N) is 4. The van der Waals surface area contributed by atoms with Crippen molar-refractivity contribution in [2.45, 2.75) is 46.6 Å². The number of halogens is 4. The highest BCUT2D eigenvalue weighted by molar-refractivity contribution is 6.32. The molecule has 0 aliphatic heterocycles. The van der Waals surface area contributed by atoms with Crippen LogP contribution in [0.1, 0.15) is 29.6 Å². The van der Waals surface area contributed by atoms with Gasteiger partial charge in [0.1, 0.15) is 6.54 Å². The van der Waals surface area contributed by atoms with E-state index in [1.54, 1.807) is 4.68 Å². The molecule has 0 unspecified atom stereocenters. The highest BCUT2D eigenvalue weighted by Crippen LogP contribution is 2.35. The van der Waals surface area contributed by atoms with Crippen LogP contribution < -0.4 is 5.32 Å². The molecule has 0 saturated heterocycles. The van der Waals surface area contributed by atoms with Gasteiger partial charge in [-0.15, -0.1) is 0 Å². The highest BCUT2D eigenvalue weighted by Gasteiger charge is 2.38. The van der Waals surface area contributed by atoms with Crippen LogP contribution in [0.5, 0.6) is 0 Å². The van der Waals surface area contributed by atoms with E-state index in [1.165, 1.54) is 6.92 Å². The minimum absolute atomic E-state index is 0.0918. The van der Waals surface area contributed by atoms with Gasteiger partial charge in [0.25, 0.3) is 0 Å². The Labute approximate surface area is 141 Å². The summed E-state index contributed by atoms with van der Waals surface area (Å²) >= 11 is 5.65. The van der Waals surface area contributed by atoms with Gasteiger partial charge >= 0.3 is 6.18 Å². The van der Waals surface area contributed by atoms with Crippen molar-refractivity contribution in [3.8, 4) is 0 Å². The van der Waals surface area contributed by atoms with Gasteiger partial charge in [-0.25, -0.2) is 0 Å². The first-order valence-electron chi connectivity index (χ1n) is 7.23. The first-order chi connectivity index (χ1) is 11.1. The monoisotopic (exact) mass is 363 g/mol. The molecule has 0 saturated carbocycles. The first-order valence-corrected chi connectivity index (χ1v) is 7.61. The molecule has 0 spiro atoms. The minimum Gasteiger partial charge on any atom is -0.350 e. The smallest absolute Gasteiger partial charge is 0.350 e. The van der Waals surface area contributed by atoms with Gasteiger partial charge in [0, 0.05) is 24.8 Å². The van der Waals surface area contributed by atoms with Crippen molar-refractivity contribution >= 4 is 17.5 Å². The van der Waals surface area contributed by atoms with Crippen LogP contribution in [-0.4, -0.2) is 25.5 Å². The van der Waals surface area contributed by atoms with E-state index in [0.717, 1.165) is 15.9 Å². The van der Waals surface area contributed by atoms with Crippen molar-refractivity contribution in [3.05, 3.63) is 33.9 Å². The zero-order valence-corrected chi connectivity index (χ0v) is 14.2. The van der Waals surface area contributed by atoms with E-state index in [-0.39, 0.29) is 18.8 Å². The number of alkyl halides is 3. The number of rotatable bonds is 5. The van der Waals surface area contributed by atoms with Crippen molar-refractivity contribution in [3.63, 3.8) is 0 Å². The lowest BCUT2D eigenvalue weighted by Crippen LogP contribution is -2.28. The van der Waals surface area contributed by atoms with Crippen molar-refractivity contribution in [2.24, 2.45) is 0 Å². The quantitative estimate of drug-likeness (QED) is 0.888. The second-order valence-corrected chi connectivity index (χ2v) is 5.65.